The number of hydrazone groups is 1. The zero-order chi connectivity index (χ0) is 18.1. The van der Waals surface area contributed by atoms with Crippen LogP contribution in [0.3, 0.4) is 0 Å². The highest BCUT2D eigenvalue weighted by Crippen LogP contribution is 2.09. The van der Waals surface area contributed by atoms with E-state index < -0.39 is 0 Å². The highest BCUT2D eigenvalue weighted by Gasteiger charge is 2.02. The van der Waals surface area contributed by atoms with E-state index >= 15 is 0 Å². The van der Waals surface area contributed by atoms with Gasteiger partial charge < -0.3 is 5.73 Å². The molecule has 5 nitrogen and oxygen atoms in total. The Morgan fingerprint density at radius 1 is 1.12 bits per heavy atom. The molecule has 0 heterocycles. The van der Waals surface area contributed by atoms with Crippen molar-refractivity contribution in [3.63, 3.8) is 0 Å². The molecular formula is C19H20N4OS. The van der Waals surface area contributed by atoms with Gasteiger partial charge in [-0.3, -0.25) is 10.2 Å². The van der Waals surface area contributed by atoms with Gasteiger partial charge >= 0.3 is 0 Å². The molecule has 2 aromatic carbocycles. The first kappa shape index (κ1) is 18.5. The lowest BCUT2D eigenvalue weighted by Gasteiger charge is -2.02. The van der Waals surface area contributed by atoms with Gasteiger partial charge in [0.1, 0.15) is 0 Å². The van der Waals surface area contributed by atoms with Crippen molar-refractivity contribution >= 4 is 34.6 Å². The smallest absolute Gasteiger partial charge is 0.206 e. The second-order valence-corrected chi connectivity index (χ2v) is 5.93. The van der Waals surface area contributed by atoms with Crippen LogP contribution in [-0.2, 0) is 0 Å². The molecule has 2 rings (SSSR count). The average molecular weight is 352 g/mol. The molecule has 6 heteroatoms. The Morgan fingerprint density at radius 2 is 1.80 bits per heavy atom. The topological polar surface area (TPSA) is 79.8 Å². The second-order valence-electron chi connectivity index (χ2n) is 5.16. The van der Waals surface area contributed by atoms with Gasteiger partial charge in [-0.05, 0) is 19.2 Å². The lowest BCUT2D eigenvalue weighted by Crippen LogP contribution is -2.08. The zero-order valence-electron chi connectivity index (χ0n) is 14.1. The normalized spacial score (nSPS) is 12.4. The lowest BCUT2D eigenvalue weighted by molar-refractivity contribution is 0.104. The first-order valence-electron chi connectivity index (χ1n) is 7.64. The number of nitrogen functional groups attached to an aromatic ring is 1. The van der Waals surface area contributed by atoms with E-state index in [-0.39, 0.29) is 5.78 Å². The quantitative estimate of drug-likeness (QED) is 0.215. The van der Waals surface area contributed by atoms with E-state index in [4.69, 9.17) is 5.73 Å². The van der Waals surface area contributed by atoms with Crippen LogP contribution in [0.2, 0.25) is 0 Å². The van der Waals surface area contributed by atoms with Crippen LogP contribution < -0.4 is 11.2 Å². The molecule has 0 atom stereocenters. The van der Waals surface area contributed by atoms with E-state index in [1.165, 1.54) is 17.8 Å². The second kappa shape index (κ2) is 9.44. The molecule has 0 aliphatic rings. The molecule has 0 aliphatic heterocycles. The fraction of sp³-hybridized carbons (Fsp3) is 0.105. The van der Waals surface area contributed by atoms with Gasteiger partial charge in [0.15, 0.2) is 5.78 Å². The zero-order valence-corrected chi connectivity index (χ0v) is 15.0. The number of benzene rings is 2. The number of anilines is 1. The van der Waals surface area contributed by atoms with Crippen molar-refractivity contribution in [2.75, 3.05) is 12.0 Å². The lowest BCUT2D eigenvalue weighted by atomic mass is 10.1. The van der Waals surface area contributed by atoms with Crippen molar-refractivity contribution in [1.29, 1.82) is 0 Å². The molecule has 3 N–H and O–H groups in total. The number of rotatable bonds is 5. The molecule has 128 valence electrons. The highest BCUT2D eigenvalue weighted by atomic mass is 32.2. The number of aliphatic imine (C=N–C) groups is 1. The molecule has 0 bridgehead atoms. The molecule has 0 radical (unpaired) electrons. The van der Waals surface area contributed by atoms with E-state index in [0.29, 0.717) is 22.1 Å². The number of carbonyl (C=O) groups is 1. The third-order valence-electron chi connectivity index (χ3n) is 3.23. The summed E-state index contributed by atoms with van der Waals surface area (Å²) >= 11 is 1.39. The summed E-state index contributed by atoms with van der Waals surface area (Å²) < 4.78 is 0. The van der Waals surface area contributed by atoms with Gasteiger partial charge in [0.25, 0.3) is 0 Å². The summed E-state index contributed by atoms with van der Waals surface area (Å²) in [6, 6.07) is 16.6. The number of para-hydroxylation sites is 1. The predicted molar refractivity (Wildman–Crippen MR) is 107 cm³/mol. The van der Waals surface area contributed by atoms with Crippen molar-refractivity contribution in [2.45, 2.75) is 6.92 Å². The molecule has 0 aromatic heterocycles. The molecule has 0 saturated heterocycles. The van der Waals surface area contributed by atoms with Crippen LogP contribution in [0.4, 0.5) is 5.69 Å². The Labute approximate surface area is 151 Å². The summed E-state index contributed by atoms with van der Waals surface area (Å²) in [4.78, 5) is 16.4. The average Bonchev–Trinajstić information content (AvgIpc) is 2.64. The Kier molecular flexibility index (Phi) is 6.98. The molecule has 0 fully saturated rings. The SMILES string of the molecule is CSC(=N\N/C(C)=C/C(=O)c1ccccc1)/N=C/c1ccccc1N. The number of allylic oxidation sites excluding steroid dienone is 2. The molecule has 0 aliphatic carbocycles. The van der Waals surface area contributed by atoms with Crippen molar-refractivity contribution in [2.24, 2.45) is 10.1 Å². The van der Waals surface area contributed by atoms with Gasteiger partial charge in [0, 0.05) is 34.8 Å². The number of hydrogen-bond acceptors (Lipinski definition) is 5. The van der Waals surface area contributed by atoms with E-state index in [2.05, 4.69) is 15.5 Å². The van der Waals surface area contributed by atoms with E-state index in [1.807, 2.05) is 48.7 Å². The number of nitrogens with two attached hydrogens (primary N) is 1. The van der Waals surface area contributed by atoms with Gasteiger partial charge in [-0.25, -0.2) is 4.99 Å². The van der Waals surface area contributed by atoms with Gasteiger partial charge in [-0.2, -0.15) is 0 Å². The van der Waals surface area contributed by atoms with Gasteiger partial charge in [-0.15, -0.1) is 5.10 Å². The van der Waals surface area contributed by atoms with Crippen molar-refractivity contribution in [1.82, 2.24) is 5.43 Å². The van der Waals surface area contributed by atoms with Crippen molar-refractivity contribution in [3.8, 4) is 0 Å². The fourth-order valence-corrected chi connectivity index (χ4v) is 2.23. The largest absolute Gasteiger partial charge is 0.398 e. The Bertz CT molecular complexity index is 813. The van der Waals surface area contributed by atoms with Crippen LogP contribution in [0.15, 0.2) is 76.5 Å². The number of carbonyl (C=O) groups excluding carboxylic acids is 1. The maximum absolute atomic E-state index is 12.1. The van der Waals surface area contributed by atoms with E-state index in [0.717, 1.165) is 5.56 Å². The molecule has 0 saturated carbocycles. The number of ketones is 1. The summed E-state index contributed by atoms with van der Waals surface area (Å²) in [6.07, 6.45) is 5.05. The number of nitrogens with zero attached hydrogens (tertiary/aromatic N) is 2. The maximum atomic E-state index is 12.1. The van der Waals surface area contributed by atoms with Crippen molar-refractivity contribution in [3.05, 3.63) is 77.5 Å². The summed E-state index contributed by atoms with van der Waals surface area (Å²) in [6.45, 7) is 1.78. The number of hydrogen-bond donors (Lipinski definition) is 2. The molecule has 0 spiro atoms. The Balaban J connectivity index is 2.03. The van der Waals surface area contributed by atoms with Crippen LogP contribution in [-0.4, -0.2) is 23.4 Å². The van der Waals surface area contributed by atoms with Crippen LogP contribution in [0.5, 0.6) is 0 Å². The number of nitrogens with one attached hydrogen (secondary N) is 1. The van der Waals surface area contributed by atoms with Gasteiger partial charge in [0.05, 0.1) is 0 Å². The first-order chi connectivity index (χ1) is 12.1. The summed E-state index contributed by atoms with van der Waals surface area (Å²) in [5, 5.41) is 4.73. The third kappa shape index (κ3) is 5.93. The van der Waals surface area contributed by atoms with E-state index in [9.17, 15) is 4.79 Å². The number of amidine groups is 1. The standard InChI is InChI=1S/C19H20N4OS/c1-14(12-18(24)15-8-4-3-5-9-15)22-23-19(25-2)21-13-16-10-6-7-11-17(16)20/h3-13,22H,20H2,1-2H3/b14-12+,21-13+,23-19-. The van der Waals surface area contributed by atoms with Crippen LogP contribution >= 0.6 is 11.8 Å². The fourth-order valence-electron chi connectivity index (χ4n) is 1.93. The van der Waals surface area contributed by atoms with Crippen LogP contribution in [0.25, 0.3) is 0 Å². The molecule has 0 amide bonds. The minimum absolute atomic E-state index is 0.0768. The Morgan fingerprint density at radius 3 is 2.48 bits per heavy atom. The molecule has 0 unspecified atom stereocenters. The monoisotopic (exact) mass is 352 g/mol. The van der Waals surface area contributed by atoms with Crippen LogP contribution in [0, 0.1) is 0 Å². The van der Waals surface area contributed by atoms with E-state index in [1.54, 1.807) is 25.3 Å². The summed E-state index contributed by atoms with van der Waals surface area (Å²) in [5.74, 6) is -0.0768. The summed E-state index contributed by atoms with van der Waals surface area (Å²) in [7, 11) is 0. The molecule has 2 aromatic rings. The molecular weight excluding hydrogens is 332 g/mol. The Hall–Kier alpha value is -2.86. The predicted octanol–water partition coefficient (Wildman–Crippen LogP) is 3.70. The minimum Gasteiger partial charge on any atom is -0.398 e. The van der Waals surface area contributed by atoms with Crippen molar-refractivity contribution < 1.29 is 4.79 Å². The summed E-state index contributed by atoms with van der Waals surface area (Å²) in [5.41, 5.74) is 11.5. The molecule has 25 heavy (non-hydrogen) atoms. The van der Waals surface area contributed by atoms with Crippen LogP contribution in [0.1, 0.15) is 22.8 Å². The maximum Gasteiger partial charge on any atom is 0.206 e. The van der Waals surface area contributed by atoms with Gasteiger partial charge in [-0.1, -0.05) is 60.3 Å². The highest BCUT2D eigenvalue weighted by molar-refractivity contribution is 8.13. The number of thioether (sulfide) groups is 1. The van der Waals surface area contributed by atoms with Gasteiger partial charge in [0.2, 0.25) is 5.17 Å². The first-order valence-corrected chi connectivity index (χ1v) is 8.86. The third-order valence-corrected chi connectivity index (χ3v) is 3.79. The minimum atomic E-state index is -0.0768.